The summed E-state index contributed by atoms with van der Waals surface area (Å²) in [7, 11) is 1.92. The number of hydrogen-bond donors (Lipinski definition) is 2. The third kappa shape index (κ3) is 5.98. The van der Waals surface area contributed by atoms with Crippen LogP contribution in [0, 0.1) is 0 Å². The van der Waals surface area contributed by atoms with Crippen LogP contribution in [0.5, 0.6) is 0 Å². The van der Waals surface area contributed by atoms with E-state index in [0.29, 0.717) is 12.3 Å². The molecule has 4 nitrogen and oxygen atoms in total. The summed E-state index contributed by atoms with van der Waals surface area (Å²) in [5.74, 6) is 1.55. The summed E-state index contributed by atoms with van der Waals surface area (Å²) in [4.78, 5) is 13.6. The van der Waals surface area contributed by atoms with E-state index in [9.17, 15) is 4.79 Å². The Morgan fingerprint density at radius 1 is 1.37 bits per heavy atom. The molecular weight excluding hydrogens is 260 g/mol. The van der Waals surface area contributed by atoms with Crippen molar-refractivity contribution in [1.82, 2.24) is 0 Å². The van der Waals surface area contributed by atoms with Crippen LogP contribution in [0.25, 0.3) is 0 Å². The maximum Gasteiger partial charge on any atom is 0.234 e. The molecule has 0 atom stereocenters. The smallest absolute Gasteiger partial charge is 0.234 e. The van der Waals surface area contributed by atoms with E-state index in [1.807, 2.05) is 36.2 Å². The SMILES string of the molecule is CCCSCC(=O)Nc1ccc(N(C)CCO)cc1. The largest absolute Gasteiger partial charge is 0.395 e. The van der Waals surface area contributed by atoms with E-state index in [4.69, 9.17) is 5.11 Å². The van der Waals surface area contributed by atoms with E-state index in [1.54, 1.807) is 11.8 Å². The van der Waals surface area contributed by atoms with Crippen LogP contribution in [0.15, 0.2) is 24.3 Å². The molecule has 0 spiro atoms. The number of carbonyl (C=O) groups is 1. The van der Waals surface area contributed by atoms with E-state index in [-0.39, 0.29) is 12.5 Å². The van der Waals surface area contributed by atoms with Crippen LogP contribution in [0.3, 0.4) is 0 Å². The van der Waals surface area contributed by atoms with Crippen LogP contribution in [0.2, 0.25) is 0 Å². The summed E-state index contributed by atoms with van der Waals surface area (Å²) in [6.45, 7) is 2.83. The van der Waals surface area contributed by atoms with E-state index < -0.39 is 0 Å². The molecule has 1 aromatic rings. The van der Waals surface area contributed by atoms with Gasteiger partial charge in [0, 0.05) is 25.0 Å². The molecule has 106 valence electrons. The molecule has 2 N–H and O–H groups in total. The molecule has 0 aromatic heterocycles. The molecule has 0 saturated carbocycles. The van der Waals surface area contributed by atoms with E-state index >= 15 is 0 Å². The zero-order chi connectivity index (χ0) is 14.1. The molecule has 0 aliphatic heterocycles. The molecule has 1 rings (SSSR count). The molecule has 0 unspecified atom stereocenters. The number of rotatable bonds is 8. The zero-order valence-electron chi connectivity index (χ0n) is 11.6. The Morgan fingerprint density at radius 2 is 2.05 bits per heavy atom. The highest BCUT2D eigenvalue weighted by Crippen LogP contribution is 2.16. The summed E-state index contributed by atoms with van der Waals surface area (Å²) >= 11 is 1.65. The molecule has 19 heavy (non-hydrogen) atoms. The molecule has 0 aliphatic carbocycles. The molecule has 1 aromatic carbocycles. The number of hydrogen-bond acceptors (Lipinski definition) is 4. The van der Waals surface area contributed by atoms with Crippen molar-refractivity contribution >= 4 is 29.0 Å². The number of thioether (sulfide) groups is 1. The normalized spacial score (nSPS) is 10.3. The minimum Gasteiger partial charge on any atom is -0.395 e. The zero-order valence-corrected chi connectivity index (χ0v) is 12.4. The van der Waals surface area contributed by atoms with Crippen molar-refractivity contribution in [3.05, 3.63) is 24.3 Å². The highest BCUT2D eigenvalue weighted by Gasteiger charge is 2.03. The molecule has 0 saturated heterocycles. The van der Waals surface area contributed by atoms with Gasteiger partial charge in [0.2, 0.25) is 5.91 Å². The van der Waals surface area contributed by atoms with Crippen molar-refractivity contribution < 1.29 is 9.90 Å². The van der Waals surface area contributed by atoms with Gasteiger partial charge in [-0.1, -0.05) is 6.92 Å². The van der Waals surface area contributed by atoms with Crippen molar-refractivity contribution in [2.24, 2.45) is 0 Å². The first-order valence-electron chi connectivity index (χ1n) is 6.47. The van der Waals surface area contributed by atoms with Gasteiger partial charge in [0.15, 0.2) is 0 Å². The topological polar surface area (TPSA) is 52.6 Å². The summed E-state index contributed by atoms with van der Waals surface area (Å²) in [5, 5.41) is 11.7. The Morgan fingerprint density at radius 3 is 2.63 bits per heavy atom. The lowest BCUT2D eigenvalue weighted by molar-refractivity contribution is -0.113. The van der Waals surface area contributed by atoms with Crippen LogP contribution < -0.4 is 10.2 Å². The van der Waals surface area contributed by atoms with Crippen LogP contribution in [-0.4, -0.2) is 42.7 Å². The van der Waals surface area contributed by atoms with Gasteiger partial charge in [0.25, 0.3) is 0 Å². The van der Waals surface area contributed by atoms with Gasteiger partial charge in [-0.05, 0) is 36.4 Å². The lowest BCUT2D eigenvalue weighted by atomic mass is 10.2. The number of nitrogens with one attached hydrogen (secondary N) is 1. The van der Waals surface area contributed by atoms with Crippen molar-refractivity contribution in [3.8, 4) is 0 Å². The predicted molar refractivity (Wildman–Crippen MR) is 83.0 cm³/mol. The quantitative estimate of drug-likeness (QED) is 0.718. The average molecular weight is 282 g/mol. The third-order valence-corrected chi connectivity index (χ3v) is 3.77. The third-order valence-electron chi connectivity index (χ3n) is 2.61. The van der Waals surface area contributed by atoms with Gasteiger partial charge in [0.1, 0.15) is 0 Å². The van der Waals surface area contributed by atoms with Crippen molar-refractivity contribution in [2.45, 2.75) is 13.3 Å². The van der Waals surface area contributed by atoms with Gasteiger partial charge in [-0.15, -0.1) is 0 Å². The standard InChI is InChI=1S/C14H22N2O2S/c1-3-10-19-11-14(18)15-12-4-6-13(7-5-12)16(2)8-9-17/h4-7,17H,3,8-11H2,1-2H3,(H,15,18). The Balaban J connectivity index is 2.45. The fourth-order valence-electron chi connectivity index (χ4n) is 1.58. The minimum atomic E-state index is 0.0370. The molecule has 1 amide bonds. The highest BCUT2D eigenvalue weighted by molar-refractivity contribution is 7.99. The Kier molecular flexibility index (Phi) is 7.36. The van der Waals surface area contributed by atoms with Crippen molar-refractivity contribution in [3.63, 3.8) is 0 Å². The number of benzene rings is 1. The van der Waals surface area contributed by atoms with Crippen LogP contribution in [0.1, 0.15) is 13.3 Å². The number of aliphatic hydroxyl groups is 1. The highest BCUT2D eigenvalue weighted by atomic mass is 32.2. The summed E-state index contributed by atoms with van der Waals surface area (Å²) < 4.78 is 0. The summed E-state index contributed by atoms with van der Waals surface area (Å²) in [6, 6.07) is 7.63. The van der Waals surface area contributed by atoms with Gasteiger partial charge in [-0.3, -0.25) is 4.79 Å². The Labute approximate surface area is 119 Å². The fraction of sp³-hybridized carbons (Fsp3) is 0.500. The number of nitrogens with zero attached hydrogens (tertiary/aromatic N) is 1. The van der Waals surface area contributed by atoms with Gasteiger partial charge < -0.3 is 15.3 Å². The number of anilines is 2. The number of aliphatic hydroxyl groups excluding tert-OH is 1. The maximum absolute atomic E-state index is 11.6. The first-order chi connectivity index (χ1) is 9.17. The van der Waals surface area contributed by atoms with Crippen LogP contribution >= 0.6 is 11.8 Å². The predicted octanol–water partition coefficient (Wildman–Crippen LogP) is 2.20. The second-order valence-electron chi connectivity index (χ2n) is 4.29. The number of amides is 1. The first kappa shape index (κ1) is 15.9. The van der Waals surface area contributed by atoms with Gasteiger partial charge >= 0.3 is 0 Å². The van der Waals surface area contributed by atoms with Gasteiger partial charge in [-0.2, -0.15) is 11.8 Å². The lowest BCUT2D eigenvalue weighted by Gasteiger charge is -2.18. The second kappa shape index (κ2) is 8.82. The molecular formula is C14H22N2O2S. The Bertz CT molecular complexity index is 382. The molecule has 0 heterocycles. The average Bonchev–Trinajstić information content (AvgIpc) is 2.40. The lowest BCUT2D eigenvalue weighted by Crippen LogP contribution is -2.21. The van der Waals surface area contributed by atoms with Crippen molar-refractivity contribution in [2.75, 3.05) is 41.9 Å². The van der Waals surface area contributed by atoms with Gasteiger partial charge in [-0.25, -0.2) is 0 Å². The second-order valence-corrected chi connectivity index (χ2v) is 5.40. The van der Waals surface area contributed by atoms with Crippen LogP contribution in [0.4, 0.5) is 11.4 Å². The van der Waals surface area contributed by atoms with Crippen molar-refractivity contribution in [1.29, 1.82) is 0 Å². The summed E-state index contributed by atoms with van der Waals surface area (Å²) in [5.41, 5.74) is 1.83. The molecule has 5 heteroatoms. The fourth-order valence-corrected chi connectivity index (χ4v) is 2.28. The van der Waals surface area contributed by atoms with E-state index in [2.05, 4.69) is 12.2 Å². The summed E-state index contributed by atoms with van der Waals surface area (Å²) in [6.07, 6.45) is 1.09. The van der Waals surface area contributed by atoms with E-state index in [1.165, 1.54) is 0 Å². The maximum atomic E-state index is 11.6. The molecule has 0 fully saturated rings. The molecule has 0 bridgehead atoms. The van der Waals surface area contributed by atoms with Crippen LogP contribution in [-0.2, 0) is 4.79 Å². The number of carbonyl (C=O) groups excluding carboxylic acids is 1. The molecule has 0 aliphatic rings. The minimum absolute atomic E-state index is 0.0370. The Hall–Kier alpha value is -1.20. The first-order valence-corrected chi connectivity index (χ1v) is 7.62. The molecule has 0 radical (unpaired) electrons. The number of likely N-dealkylation sites (N-methyl/N-ethyl adjacent to an activating group) is 1. The van der Waals surface area contributed by atoms with E-state index in [0.717, 1.165) is 23.5 Å². The van der Waals surface area contributed by atoms with Gasteiger partial charge in [0.05, 0.1) is 12.4 Å². The monoisotopic (exact) mass is 282 g/mol.